The second-order valence-corrected chi connectivity index (χ2v) is 11.6. The third-order valence-corrected chi connectivity index (χ3v) is 7.71. The molecule has 0 aliphatic carbocycles. The van der Waals surface area contributed by atoms with Crippen LogP contribution in [0, 0.1) is 0 Å². The number of benzene rings is 2. The molecule has 4 rings (SSSR count). The van der Waals surface area contributed by atoms with Crippen molar-refractivity contribution in [2.45, 2.75) is 0 Å². The summed E-state index contributed by atoms with van der Waals surface area (Å²) in [7, 11) is 0.748. The van der Waals surface area contributed by atoms with E-state index in [1.807, 2.05) is 35.0 Å². The number of ketones is 2. The number of rotatable bonds is 12. The molecule has 232 valence electrons. The Morgan fingerprint density at radius 3 is 1.59 bits per heavy atom. The highest BCUT2D eigenvalue weighted by atomic mass is 32.1. The zero-order valence-corrected chi connectivity index (χ0v) is 26.5. The summed E-state index contributed by atoms with van der Waals surface area (Å²) in [6.45, 7) is 0. The first-order valence-electron chi connectivity index (χ1n) is 12.5. The molecule has 11 nitrogen and oxygen atoms in total. The molecular weight excluding hydrogens is 631 g/mol. The van der Waals surface area contributed by atoms with E-state index >= 15 is 0 Å². The molecule has 44 heavy (non-hydrogen) atoms. The van der Waals surface area contributed by atoms with Crippen molar-refractivity contribution in [3.8, 4) is 34.5 Å². The first-order valence-corrected chi connectivity index (χ1v) is 15.8. The molecule has 0 spiro atoms. The van der Waals surface area contributed by atoms with Crippen LogP contribution in [0.1, 0.15) is 30.5 Å². The molecule has 3 N–H and O–H groups in total. The molecule has 4 aromatic rings. The predicted octanol–water partition coefficient (Wildman–Crippen LogP) is 6.50. The lowest BCUT2D eigenvalue weighted by atomic mass is 10.1. The Morgan fingerprint density at radius 2 is 1.16 bits per heavy atom. The molecule has 2 heterocycles. The molecule has 0 atom stereocenters. The number of hydrogen-bond donors (Lipinski definition) is 3. The Balaban J connectivity index is 0.000000244. The molecule has 0 saturated carbocycles. The van der Waals surface area contributed by atoms with Crippen LogP contribution in [-0.4, -0.2) is 54.9 Å². The number of methoxy groups -OCH3 is 4. The van der Waals surface area contributed by atoms with E-state index in [4.69, 9.17) is 28.7 Å². The molecule has 14 heteroatoms. The maximum Gasteiger partial charge on any atom is 0.524 e. The van der Waals surface area contributed by atoms with E-state index in [1.54, 1.807) is 18.2 Å². The van der Waals surface area contributed by atoms with Gasteiger partial charge in [0.1, 0.15) is 45.6 Å². The average Bonchev–Trinajstić information content (AvgIpc) is 3.72. The zero-order chi connectivity index (χ0) is 32.3. The highest BCUT2D eigenvalue weighted by Gasteiger charge is 2.25. The molecule has 0 radical (unpaired) electrons. The topological polar surface area (TPSA) is 158 Å². The number of phenols is 1. The van der Waals surface area contributed by atoms with Crippen LogP contribution in [0.15, 0.2) is 71.4 Å². The quantitative estimate of drug-likeness (QED) is 0.0865. The minimum Gasteiger partial charge on any atom is -0.507 e. The minimum atomic E-state index is -4.87. The lowest BCUT2D eigenvalue weighted by molar-refractivity contribution is 0.103. The summed E-state index contributed by atoms with van der Waals surface area (Å²) in [6.07, 6.45) is 5.99. The second-order valence-electron chi connectivity index (χ2n) is 8.43. The van der Waals surface area contributed by atoms with E-state index in [-0.39, 0.29) is 45.7 Å². The monoisotopic (exact) mass is 660 g/mol. The van der Waals surface area contributed by atoms with Gasteiger partial charge in [0.15, 0.2) is 11.6 Å². The molecule has 0 saturated heterocycles. The normalized spacial score (nSPS) is 11.1. The third-order valence-electron chi connectivity index (χ3n) is 5.60. The van der Waals surface area contributed by atoms with Crippen LogP contribution in [0.2, 0.25) is 0 Å². The molecule has 0 unspecified atom stereocenters. The van der Waals surface area contributed by atoms with Crippen LogP contribution >= 0.6 is 30.5 Å². The Kier molecular flexibility index (Phi) is 12.3. The van der Waals surface area contributed by atoms with Crippen LogP contribution in [0.4, 0.5) is 0 Å². The van der Waals surface area contributed by atoms with E-state index < -0.39 is 13.6 Å². The fraction of sp³-hybridized carbons (Fsp3) is 0.133. The van der Waals surface area contributed by atoms with E-state index in [2.05, 4.69) is 4.52 Å². The summed E-state index contributed by atoms with van der Waals surface area (Å²) >= 11 is 2.97. The van der Waals surface area contributed by atoms with Gasteiger partial charge in [0.2, 0.25) is 0 Å². The first kappa shape index (κ1) is 34.1. The summed E-state index contributed by atoms with van der Waals surface area (Å²) < 4.78 is 36.1. The standard InChI is InChI=1S/C15H15O7PS.C15H14O4S/c1-20-10-8-13(21-2)15(14(9-10)22-23(17,18)19)12(16)6-5-11-4-3-7-24-11;1-18-10-8-13(17)15(14(9-10)19-2)12(16)6-5-11-4-3-7-20-11/h3-9H,1-2H3,(H2,17,18,19);3-9,17H,1-2H3/b2*6-5+. The van der Waals surface area contributed by atoms with Gasteiger partial charge in [-0.05, 0) is 47.2 Å². The Morgan fingerprint density at radius 1 is 0.705 bits per heavy atom. The van der Waals surface area contributed by atoms with Gasteiger partial charge in [0.05, 0.1) is 28.4 Å². The van der Waals surface area contributed by atoms with Crippen LogP contribution in [0.25, 0.3) is 12.2 Å². The van der Waals surface area contributed by atoms with Gasteiger partial charge < -0.3 is 28.6 Å². The van der Waals surface area contributed by atoms with E-state index in [0.29, 0.717) is 5.75 Å². The number of ether oxygens (including phenoxy) is 4. The van der Waals surface area contributed by atoms with Gasteiger partial charge >= 0.3 is 7.82 Å². The molecule has 0 aliphatic heterocycles. The van der Waals surface area contributed by atoms with Gasteiger partial charge in [-0.25, -0.2) is 4.57 Å². The van der Waals surface area contributed by atoms with E-state index in [0.717, 1.165) is 9.75 Å². The highest BCUT2D eigenvalue weighted by Crippen LogP contribution is 2.44. The number of carbonyl (C=O) groups is 2. The van der Waals surface area contributed by atoms with Gasteiger partial charge in [-0.2, -0.15) is 0 Å². The molecule has 0 bridgehead atoms. The molecule has 0 fully saturated rings. The molecule has 0 aliphatic rings. The van der Waals surface area contributed by atoms with Crippen molar-refractivity contribution in [2.75, 3.05) is 28.4 Å². The molecule has 2 aromatic carbocycles. The Bertz CT molecular complexity index is 1670. The van der Waals surface area contributed by atoms with Crippen molar-refractivity contribution < 1.29 is 52.5 Å². The van der Waals surface area contributed by atoms with Crippen LogP contribution in [0.3, 0.4) is 0 Å². The number of allylic oxidation sites excluding steroid dienone is 2. The first-order chi connectivity index (χ1) is 21.0. The predicted molar refractivity (Wildman–Crippen MR) is 169 cm³/mol. The maximum atomic E-state index is 12.5. The fourth-order valence-corrected chi connectivity index (χ4v) is 5.28. The van der Waals surface area contributed by atoms with Crippen LogP contribution in [0.5, 0.6) is 34.5 Å². The number of phenolic OH excluding ortho intramolecular Hbond substituents is 1. The van der Waals surface area contributed by atoms with Gasteiger partial charge in [-0.15, -0.1) is 22.7 Å². The van der Waals surface area contributed by atoms with E-state index in [1.165, 1.54) is 81.5 Å². The minimum absolute atomic E-state index is 0.0821. The fourth-order valence-electron chi connectivity index (χ4n) is 3.64. The summed E-state index contributed by atoms with van der Waals surface area (Å²) in [5, 5.41) is 13.7. The summed E-state index contributed by atoms with van der Waals surface area (Å²) in [6, 6.07) is 13.1. The second kappa shape index (κ2) is 15.9. The maximum absolute atomic E-state index is 12.5. The molecular formula is C30H29O11PS2. The highest BCUT2D eigenvalue weighted by molar-refractivity contribution is 7.46. The largest absolute Gasteiger partial charge is 0.524 e. The van der Waals surface area contributed by atoms with Crippen molar-refractivity contribution >= 4 is 54.2 Å². The number of hydrogen-bond acceptors (Lipinski definition) is 11. The lowest BCUT2D eigenvalue weighted by Crippen LogP contribution is -2.04. The summed E-state index contributed by atoms with van der Waals surface area (Å²) in [5.74, 6) is -0.308. The zero-order valence-electron chi connectivity index (χ0n) is 24.0. The molecule has 0 amide bonds. The lowest BCUT2D eigenvalue weighted by Gasteiger charge is -2.15. The average molecular weight is 661 g/mol. The van der Waals surface area contributed by atoms with Gasteiger partial charge in [0.25, 0.3) is 0 Å². The smallest absolute Gasteiger partial charge is 0.507 e. The van der Waals surface area contributed by atoms with Gasteiger partial charge in [-0.1, -0.05) is 12.1 Å². The number of phosphoric acid groups is 1. The van der Waals surface area contributed by atoms with Crippen LogP contribution < -0.4 is 23.5 Å². The number of thiophene rings is 2. The number of phosphoric ester groups is 1. The number of carbonyl (C=O) groups excluding carboxylic acids is 2. The summed E-state index contributed by atoms with van der Waals surface area (Å²) in [4.78, 5) is 44.6. The SMILES string of the molecule is COc1cc(O)c(C(=O)/C=C/c2cccs2)c(OC)c1.COc1cc(OC)c(C(=O)/C=C/c2cccs2)c(OP(=O)(O)O)c1. The third kappa shape index (κ3) is 9.56. The van der Waals surface area contributed by atoms with Crippen molar-refractivity contribution in [3.05, 3.63) is 92.3 Å². The Labute approximate surface area is 261 Å². The summed E-state index contributed by atoms with van der Waals surface area (Å²) in [5.41, 5.74) is 0.0236. The van der Waals surface area contributed by atoms with Crippen LogP contribution in [-0.2, 0) is 4.57 Å². The van der Waals surface area contributed by atoms with Gasteiger partial charge in [-0.3, -0.25) is 19.4 Å². The van der Waals surface area contributed by atoms with Crippen molar-refractivity contribution in [2.24, 2.45) is 0 Å². The van der Waals surface area contributed by atoms with Crippen molar-refractivity contribution in [1.29, 1.82) is 0 Å². The number of aromatic hydroxyl groups is 1. The van der Waals surface area contributed by atoms with Crippen molar-refractivity contribution in [3.63, 3.8) is 0 Å². The van der Waals surface area contributed by atoms with E-state index in [9.17, 15) is 19.3 Å². The van der Waals surface area contributed by atoms with Gasteiger partial charge in [0, 0.05) is 34.0 Å². The Hall–Kier alpha value is -4.39. The molecule has 2 aromatic heterocycles. The van der Waals surface area contributed by atoms with Crippen molar-refractivity contribution in [1.82, 2.24) is 0 Å².